The molecule has 3 aromatic rings. The van der Waals surface area contributed by atoms with E-state index in [1.165, 1.54) is 0 Å². The minimum Gasteiger partial charge on any atom is -0.467 e. The summed E-state index contributed by atoms with van der Waals surface area (Å²) in [5.74, 6) is 0.178. The Morgan fingerprint density at radius 1 is 1.24 bits per heavy atom. The van der Waals surface area contributed by atoms with Crippen molar-refractivity contribution in [1.82, 2.24) is 4.57 Å². The average Bonchev–Trinajstić information content (AvgIpc) is 3.19. The fraction of sp³-hybridized carbons (Fsp3) is 0.143. The first-order valence-corrected chi connectivity index (χ1v) is 9.45. The lowest BCUT2D eigenvalue weighted by Crippen LogP contribution is -2.33. The lowest BCUT2D eigenvalue weighted by Gasteiger charge is -2.27. The molecule has 1 aliphatic heterocycles. The Kier molecular flexibility index (Phi) is 4.87. The van der Waals surface area contributed by atoms with Gasteiger partial charge in [0.05, 0.1) is 34.3 Å². The average molecular weight is 428 g/mol. The number of benzene rings is 1. The fourth-order valence-corrected chi connectivity index (χ4v) is 3.77. The molecule has 1 unspecified atom stereocenters. The van der Waals surface area contributed by atoms with Gasteiger partial charge in [0.1, 0.15) is 23.2 Å². The summed E-state index contributed by atoms with van der Waals surface area (Å²) in [6.07, 6.45) is 1.55. The van der Waals surface area contributed by atoms with E-state index in [9.17, 15) is 10.1 Å². The number of aryl methyl sites for hydroxylation is 1. The van der Waals surface area contributed by atoms with Gasteiger partial charge in [-0.25, -0.2) is 0 Å². The number of hydrogen-bond donors (Lipinski definition) is 1. The maximum Gasteiger partial charge on any atom is 0.259 e. The van der Waals surface area contributed by atoms with Gasteiger partial charge < -0.3 is 19.5 Å². The molecule has 0 aliphatic carbocycles. The summed E-state index contributed by atoms with van der Waals surface area (Å²) in [5, 5.41) is 10.4. The molecule has 0 fully saturated rings. The Hall–Kier alpha value is -3.14. The Morgan fingerprint density at radius 2 is 2.03 bits per heavy atom. The van der Waals surface area contributed by atoms with Crippen molar-refractivity contribution >= 4 is 23.2 Å². The third kappa shape index (κ3) is 3.29. The van der Waals surface area contributed by atoms with E-state index in [1.54, 1.807) is 54.2 Å². The van der Waals surface area contributed by atoms with E-state index in [2.05, 4.69) is 6.07 Å². The van der Waals surface area contributed by atoms with Crippen LogP contribution >= 0.6 is 23.2 Å². The van der Waals surface area contributed by atoms with Gasteiger partial charge in [-0.1, -0.05) is 29.3 Å². The van der Waals surface area contributed by atoms with Crippen LogP contribution in [0.5, 0.6) is 5.75 Å². The van der Waals surface area contributed by atoms with Gasteiger partial charge in [0.2, 0.25) is 5.88 Å². The number of nitrogens with two attached hydrogens (primary N) is 1. The van der Waals surface area contributed by atoms with Crippen molar-refractivity contribution in [2.24, 2.45) is 5.73 Å². The van der Waals surface area contributed by atoms with E-state index in [0.29, 0.717) is 38.4 Å². The number of halogens is 2. The van der Waals surface area contributed by atoms with Crippen LogP contribution in [0.15, 0.2) is 63.3 Å². The molecule has 0 radical (unpaired) electrons. The van der Waals surface area contributed by atoms with Crippen LogP contribution in [0.4, 0.5) is 0 Å². The molecule has 1 aromatic carbocycles. The van der Waals surface area contributed by atoms with Crippen molar-refractivity contribution in [2.75, 3.05) is 0 Å². The number of ether oxygens (including phenoxy) is 1. The van der Waals surface area contributed by atoms with E-state index >= 15 is 0 Å². The van der Waals surface area contributed by atoms with Crippen molar-refractivity contribution in [1.29, 1.82) is 5.26 Å². The maximum absolute atomic E-state index is 13.5. The molecule has 29 heavy (non-hydrogen) atoms. The molecule has 8 heteroatoms. The number of fused-ring (bicyclic) bond motifs is 1. The number of allylic oxidation sites excluding steroid dienone is 1. The molecule has 0 bridgehead atoms. The summed E-state index contributed by atoms with van der Waals surface area (Å²) in [7, 11) is 0. The molecule has 0 amide bonds. The quantitative estimate of drug-likeness (QED) is 0.671. The lowest BCUT2D eigenvalue weighted by molar-refractivity contribution is 0.387. The van der Waals surface area contributed by atoms with Gasteiger partial charge in [-0.15, -0.1) is 0 Å². The fourth-order valence-electron chi connectivity index (χ4n) is 3.47. The molecular formula is C21H15Cl2N3O3. The normalized spacial score (nSPS) is 15.6. The number of furan rings is 1. The Balaban J connectivity index is 1.96. The van der Waals surface area contributed by atoms with E-state index in [1.807, 2.05) is 0 Å². The van der Waals surface area contributed by atoms with Crippen LogP contribution in [0.1, 0.15) is 28.5 Å². The molecule has 146 valence electrons. The van der Waals surface area contributed by atoms with Crippen LogP contribution in [0.2, 0.25) is 10.0 Å². The second-order valence-electron chi connectivity index (χ2n) is 6.63. The van der Waals surface area contributed by atoms with Crippen molar-refractivity contribution in [3.05, 3.63) is 97.1 Å². The van der Waals surface area contributed by atoms with E-state index < -0.39 is 5.92 Å². The van der Waals surface area contributed by atoms with Crippen LogP contribution in [-0.4, -0.2) is 4.57 Å². The van der Waals surface area contributed by atoms with Crippen molar-refractivity contribution in [3.63, 3.8) is 0 Å². The highest BCUT2D eigenvalue weighted by atomic mass is 35.5. The molecule has 0 spiro atoms. The number of hydrogen-bond acceptors (Lipinski definition) is 5. The summed E-state index contributed by atoms with van der Waals surface area (Å²) >= 11 is 12.2. The van der Waals surface area contributed by atoms with Gasteiger partial charge in [0.15, 0.2) is 0 Å². The monoisotopic (exact) mass is 427 g/mol. The number of nitriles is 1. The molecule has 3 heterocycles. The minimum atomic E-state index is -0.727. The molecule has 2 N–H and O–H groups in total. The van der Waals surface area contributed by atoms with Crippen molar-refractivity contribution in [3.8, 4) is 11.8 Å². The van der Waals surface area contributed by atoms with Crippen LogP contribution in [0.3, 0.4) is 0 Å². The molecule has 0 saturated heterocycles. The van der Waals surface area contributed by atoms with Gasteiger partial charge in [0, 0.05) is 11.8 Å². The number of nitrogens with zero attached hydrogens (tertiary/aromatic N) is 2. The second kappa shape index (κ2) is 7.36. The van der Waals surface area contributed by atoms with Crippen molar-refractivity contribution in [2.45, 2.75) is 19.4 Å². The van der Waals surface area contributed by atoms with Gasteiger partial charge in [0.25, 0.3) is 5.56 Å². The summed E-state index contributed by atoms with van der Waals surface area (Å²) in [5.41, 5.74) is 7.44. The minimum absolute atomic E-state index is 0.0429. The van der Waals surface area contributed by atoms with E-state index in [0.717, 1.165) is 0 Å². The molecule has 6 nitrogen and oxygen atoms in total. The van der Waals surface area contributed by atoms with Crippen LogP contribution in [0.25, 0.3) is 0 Å². The molecular weight excluding hydrogens is 413 g/mol. The zero-order chi connectivity index (χ0) is 20.7. The van der Waals surface area contributed by atoms with Gasteiger partial charge in [-0.05, 0) is 36.8 Å². The summed E-state index contributed by atoms with van der Waals surface area (Å²) in [6.45, 7) is 2.04. The first kappa shape index (κ1) is 19.2. The Morgan fingerprint density at radius 3 is 2.69 bits per heavy atom. The zero-order valence-corrected chi connectivity index (χ0v) is 16.8. The van der Waals surface area contributed by atoms with Gasteiger partial charge in [-0.3, -0.25) is 4.79 Å². The largest absolute Gasteiger partial charge is 0.467 e. The first-order chi connectivity index (χ1) is 13.9. The lowest BCUT2D eigenvalue weighted by atomic mass is 9.84. The molecule has 1 atom stereocenters. The molecule has 2 aromatic heterocycles. The molecule has 0 saturated carbocycles. The predicted molar refractivity (Wildman–Crippen MR) is 109 cm³/mol. The molecule has 4 rings (SSSR count). The standard InChI is InChI=1S/C21H15Cl2N3O3/c1-11-7-17-19(21(27)26(11)10-13-3-2-6-28-13)18(14(9-24)20(25)29-17)12-4-5-15(22)16(23)8-12/h2-8,18H,10,25H2,1H3. The second-order valence-corrected chi connectivity index (χ2v) is 7.45. The van der Waals surface area contributed by atoms with Crippen LogP contribution in [-0.2, 0) is 6.54 Å². The van der Waals surface area contributed by atoms with Gasteiger partial charge in [-0.2, -0.15) is 5.26 Å². The Labute approximate surface area is 176 Å². The molecule has 1 aliphatic rings. The SMILES string of the molecule is Cc1cc2c(c(=O)n1Cc1ccco1)C(c1ccc(Cl)c(Cl)c1)C(C#N)=C(N)O2. The topological polar surface area (TPSA) is 94.2 Å². The highest BCUT2D eigenvalue weighted by Gasteiger charge is 2.34. The maximum atomic E-state index is 13.5. The summed E-state index contributed by atoms with van der Waals surface area (Å²) in [6, 6.07) is 12.3. The number of rotatable bonds is 3. The highest BCUT2D eigenvalue weighted by Crippen LogP contribution is 2.41. The van der Waals surface area contributed by atoms with E-state index in [4.69, 9.17) is 38.1 Å². The van der Waals surface area contributed by atoms with Crippen molar-refractivity contribution < 1.29 is 9.15 Å². The van der Waals surface area contributed by atoms with Crippen LogP contribution < -0.4 is 16.0 Å². The summed E-state index contributed by atoms with van der Waals surface area (Å²) in [4.78, 5) is 13.5. The zero-order valence-electron chi connectivity index (χ0n) is 15.3. The smallest absolute Gasteiger partial charge is 0.259 e. The van der Waals surface area contributed by atoms with Gasteiger partial charge >= 0.3 is 0 Å². The van der Waals surface area contributed by atoms with E-state index in [-0.39, 0.29) is 23.6 Å². The third-order valence-electron chi connectivity index (χ3n) is 4.86. The Bertz CT molecular complexity index is 1240. The summed E-state index contributed by atoms with van der Waals surface area (Å²) < 4.78 is 12.6. The third-order valence-corrected chi connectivity index (χ3v) is 5.60. The number of aromatic nitrogens is 1. The van der Waals surface area contributed by atoms with Crippen LogP contribution in [0, 0.1) is 18.3 Å². The first-order valence-electron chi connectivity index (χ1n) is 8.70. The predicted octanol–water partition coefficient (Wildman–Crippen LogP) is 4.32. The number of pyridine rings is 1. The highest BCUT2D eigenvalue weighted by molar-refractivity contribution is 6.42.